The number of unbranched alkanes of at least 4 members (excludes halogenated alkanes) is 16. The van der Waals surface area contributed by atoms with E-state index >= 15 is 0 Å². The minimum absolute atomic E-state index is 0.178. The molecule has 2 aromatic rings. The fraction of sp³-hybridized carbons (Fsp3) is 0.636. The highest BCUT2D eigenvalue weighted by Gasteiger charge is 2.29. The van der Waals surface area contributed by atoms with Crippen LogP contribution in [0.15, 0.2) is 65.7 Å². The van der Waals surface area contributed by atoms with Crippen molar-refractivity contribution in [3.63, 3.8) is 0 Å². The molecule has 1 aliphatic heterocycles. The van der Waals surface area contributed by atoms with Crippen LogP contribution in [-0.2, 0) is 19.7 Å². The second-order valence-corrected chi connectivity index (χ2v) is 16.6. The van der Waals surface area contributed by atoms with Crippen molar-refractivity contribution in [3.8, 4) is 0 Å². The molecule has 1 heterocycles. The number of carbonyl (C=O) groups excluding carboxylic acids is 2. The number of hydrogen-bond acceptors (Lipinski definition) is 5. The molecule has 0 aromatic heterocycles. The molecule has 298 valence electrons. The lowest BCUT2D eigenvalue weighted by Gasteiger charge is -2.34. The van der Waals surface area contributed by atoms with Crippen LogP contribution in [0.25, 0.3) is 6.08 Å². The van der Waals surface area contributed by atoms with E-state index < -0.39 is 10.1 Å². The van der Waals surface area contributed by atoms with E-state index in [1.54, 1.807) is 12.1 Å². The zero-order valence-corrected chi connectivity index (χ0v) is 34.2. The fourth-order valence-corrected chi connectivity index (χ4v) is 7.21. The van der Waals surface area contributed by atoms with Gasteiger partial charge in [0, 0.05) is 32.4 Å². The van der Waals surface area contributed by atoms with Gasteiger partial charge in [-0.1, -0.05) is 158 Å². The molecule has 3 rings (SSSR count). The zero-order chi connectivity index (χ0) is 38.6. The lowest BCUT2D eigenvalue weighted by molar-refractivity contribution is -0.868. The monoisotopic (exact) mass is 754 g/mol. The van der Waals surface area contributed by atoms with E-state index in [0.29, 0.717) is 30.5 Å². The Balaban J connectivity index is 0.000000751. The number of quaternary nitrogens is 1. The van der Waals surface area contributed by atoms with Crippen molar-refractivity contribution < 1.29 is 27.0 Å². The highest BCUT2D eigenvalue weighted by molar-refractivity contribution is 7.85. The molecule has 1 fully saturated rings. The quantitative estimate of drug-likeness (QED) is 0.0555. The predicted molar refractivity (Wildman–Crippen MR) is 218 cm³/mol. The number of hydrogen-bond donors (Lipinski definition) is 1. The molecule has 0 saturated carbocycles. The molecule has 2 aromatic carbocycles. The molecule has 1 atom stereocenters. The lowest BCUT2D eigenvalue weighted by Crippen LogP contribution is -2.49. The van der Waals surface area contributed by atoms with Crippen LogP contribution < -0.4 is 5.32 Å². The summed E-state index contributed by atoms with van der Waals surface area (Å²) in [6.07, 6.45) is 30.6. The Kier molecular flexibility index (Phi) is 24.0. The molecule has 1 N–H and O–H groups in total. The van der Waals surface area contributed by atoms with Gasteiger partial charge < -0.3 is 9.87 Å². The molecular weight excluding hydrogens is 683 g/mol. The summed E-state index contributed by atoms with van der Waals surface area (Å²) in [5.41, 5.74) is 2.09. The number of benzene rings is 2. The third kappa shape index (κ3) is 22.7. The average molecular weight is 754 g/mol. The smallest absolute Gasteiger partial charge is 0.226 e. The Morgan fingerprint density at radius 3 is 1.81 bits per heavy atom. The first-order valence-corrected chi connectivity index (χ1v) is 22.1. The van der Waals surface area contributed by atoms with Crippen molar-refractivity contribution in [2.75, 3.05) is 33.4 Å². The van der Waals surface area contributed by atoms with Gasteiger partial charge >= 0.3 is 0 Å². The van der Waals surface area contributed by atoms with Crippen LogP contribution in [0.4, 0.5) is 0 Å². The summed E-state index contributed by atoms with van der Waals surface area (Å²) in [6, 6.07) is 16.1. The Hall–Kier alpha value is -3.01. The highest BCUT2D eigenvalue weighted by Crippen LogP contribution is 2.18. The standard InChI is InChI=1S/C37H63N3O2.C7H8O3S/c1-3-4-5-6-7-8-9-10-11-12-13-14-15-16-17-18-22-27-36(41)38-30-24-32-40(2,34-39-31-23-28-37(39)42)33-29-35-25-20-19-21-26-35;1-6-2-4-7(5-3-6)11(8,9)10/h19-21,25-26,29,33H,3-18,22-24,27-28,30-32,34H2,1-2H3;2-5H,1H3,(H,8,9,10). The molecule has 2 amide bonds. The Morgan fingerprint density at radius 1 is 0.792 bits per heavy atom. The Labute approximate surface area is 323 Å². The van der Waals surface area contributed by atoms with E-state index in [1.165, 1.54) is 108 Å². The first kappa shape index (κ1) is 46.1. The van der Waals surface area contributed by atoms with Crippen molar-refractivity contribution in [2.45, 2.75) is 154 Å². The van der Waals surface area contributed by atoms with Crippen molar-refractivity contribution in [1.29, 1.82) is 0 Å². The zero-order valence-electron chi connectivity index (χ0n) is 33.4. The number of nitrogens with one attached hydrogen (secondary N) is 1. The second-order valence-electron chi connectivity index (χ2n) is 15.2. The van der Waals surface area contributed by atoms with Crippen LogP contribution in [0.1, 0.15) is 153 Å². The summed E-state index contributed by atoms with van der Waals surface area (Å²) in [5.74, 6) is 0.439. The van der Waals surface area contributed by atoms with Crippen LogP contribution in [0.3, 0.4) is 0 Å². The van der Waals surface area contributed by atoms with Gasteiger partial charge in [0.2, 0.25) is 11.8 Å². The van der Waals surface area contributed by atoms with E-state index in [9.17, 15) is 22.6 Å². The maximum atomic E-state index is 12.4. The summed E-state index contributed by atoms with van der Waals surface area (Å²) < 4.78 is 31.8. The SMILES string of the molecule is CCCCCCCCCCCCCCCCCCCC(=O)NCCC[N+](C)(C=Cc1ccccc1)CN1CCCC1=O.Cc1ccc(S(=O)(=O)[O-])cc1. The summed E-state index contributed by atoms with van der Waals surface area (Å²) in [4.78, 5) is 26.5. The number of aryl methyl sites for hydroxylation is 1. The van der Waals surface area contributed by atoms with Crippen molar-refractivity contribution in [3.05, 3.63) is 71.9 Å². The molecule has 53 heavy (non-hydrogen) atoms. The molecule has 0 radical (unpaired) electrons. The first-order valence-electron chi connectivity index (χ1n) is 20.7. The fourth-order valence-electron chi connectivity index (χ4n) is 6.74. The van der Waals surface area contributed by atoms with Gasteiger partial charge in [-0.3, -0.25) is 19.0 Å². The number of carbonyl (C=O) groups is 2. The number of likely N-dealkylation sites (tertiary alicyclic amines) is 1. The van der Waals surface area contributed by atoms with Crippen molar-refractivity contribution in [2.24, 2.45) is 0 Å². The third-order valence-corrected chi connectivity index (χ3v) is 10.9. The largest absolute Gasteiger partial charge is 0.744 e. The molecular formula is C44H71N3O5S. The van der Waals surface area contributed by atoms with Gasteiger partial charge in [0.1, 0.15) is 10.1 Å². The van der Waals surface area contributed by atoms with E-state index in [2.05, 4.69) is 43.7 Å². The van der Waals surface area contributed by atoms with Crippen LogP contribution in [0.5, 0.6) is 0 Å². The van der Waals surface area contributed by atoms with Gasteiger partial charge in [-0.25, -0.2) is 8.42 Å². The maximum Gasteiger partial charge on any atom is 0.226 e. The highest BCUT2D eigenvalue weighted by atomic mass is 32.2. The summed E-state index contributed by atoms with van der Waals surface area (Å²) >= 11 is 0. The maximum absolute atomic E-state index is 12.4. The van der Waals surface area contributed by atoms with E-state index in [1.807, 2.05) is 30.0 Å². The Morgan fingerprint density at radius 2 is 1.32 bits per heavy atom. The summed E-state index contributed by atoms with van der Waals surface area (Å²) in [6.45, 7) is 7.22. The summed E-state index contributed by atoms with van der Waals surface area (Å²) in [5, 5.41) is 3.13. The van der Waals surface area contributed by atoms with Gasteiger partial charge in [-0.2, -0.15) is 0 Å². The number of rotatable bonds is 27. The molecule has 0 bridgehead atoms. The molecule has 0 aliphatic carbocycles. The Bertz CT molecular complexity index is 1400. The minimum Gasteiger partial charge on any atom is -0.744 e. The molecule has 9 heteroatoms. The second kappa shape index (κ2) is 27.6. The average Bonchev–Trinajstić information content (AvgIpc) is 3.54. The third-order valence-electron chi connectivity index (χ3n) is 10.1. The number of amides is 2. The molecule has 0 spiro atoms. The topological polar surface area (TPSA) is 107 Å². The molecule has 8 nitrogen and oxygen atoms in total. The minimum atomic E-state index is -4.27. The molecule has 1 saturated heterocycles. The van der Waals surface area contributed by atoms with Gasteiger partial charge in [-0.05, 0) is 43.5 Å². The van der Waals surface area contributed by atoms with Crippen LogP contribution in [-0.4, -0.2) is 67.5 Å². The number of nitrogens with zero attached hydrogens (tertiary/aromatic N) is 2. The van der Waals surface area contributed by atoms with Gasteiger partial charge in [0.15, 0.2) is 6.67 Å². The lowest BCUT2D eigenvalue weighted by atomic mass is 10.0. The van der Waals surface area contributed by atoms with Crippen LogP contribution in [0, 0.1) is 6.92 Å². The van der Waals surface area contributed by atoms with Crippen molar-refractivity contribution >= 4 is 28.0 Å². The van der Waals surface area contributed by atoms with Crippen molar-refractivity contribution in [1.82, 2.24) is 10.2 Å². The van der Waals surface area contributed by atoms with Crippen LogP contribution >= 0.6 is 0 Å². The normalized spacial score (nSPS) is 14.3. The van der Waals surface area contributed by atoms with E-state index in [-0.39, 0.29) is 16.7 Å². The van der Waals surface area contributed by atoms with Crippen LogP contribution in [0.2, 0.25) is 0 Å². The summed E-state index contributed by atoms with van der Waals surface area (Å²) in [7, 11) is -2.08. The predicted octanol–water partition coefficient (Wildman–Crippen LogP) is 10.1. The molecule has 1 unspecified atom stereocenters. The van der Waals surface area contributed by atoms with Gasteiger partial charge in [-0.15, -0.1) is 0 Å². The molecule has 1 aliphatic rings. The van der Waals surface area contributed by atoms with Gasteiger partial charge in [0.25, 0.3) is 0 Å². The van der Waals surface area contributed by atoms with Gasteiger partial charge in [0.05, 0.1) is 24.7 Å². The van der Waals surface area contributed by atoms with E-state index in [0.717, 1.165) is 49.9 Å². The first-order chi connectivity index (χ1) is 25.5. The van der Waals surface area contributed by atoms with E-state index in [4.69, 9.17) is 0 Å².